The Hall–Kier alpha value is -2.32. The molecule has 0 bridgehead atoms. The van der Waals surface area contributed by atoms with E-state index >= 15 is 0 Å². The summed E-state index contributed by atoms with van der Waals surface area (Å²) >= 11 is 0. The fourth-order valence-electron chi connectivity index (χ4n) is 8.81. The number of unbranched alkanes of at least 4 members (excludes halogenated alkanes) is 31. The van der Waals surface area contributed by atoms with E-state index in [-0.39, 0.29) is 19.1 Å². The van der Waals surface area contributed by atoms with E-state index in [4.69, 9.17) is 9.05 Å². The average Bonchev–Trinajstić information content (AvgIpc) is 3.36. The predicted molar refractivity (Wildman–Crippen MR) is 323 cm³/mol. The third kappa shape index (κ3) is 57.4. The largest absolute Gasteiger partial charge is 0.472 e. The van der Waals surface area contributed by atoms with Gasteiger partial charge in [0.2, 0.25) is 5.91 Å². The number of rotatable bonds is 56. The van der Waals surface area contributed by atoms with E-state index in [1.54, 1.807) is 6.08 Å². The second-order valence-corrected chi connectivity index (χ2v) is 23.5. The number of aliphatic hydroxyl groups is 1. The highest BCUT2D eigenvalue weighted by Crippen LogP contribution is 2.43. The molecule has 430 valence electrons. The molecule has 0 spiro atoms. The van der Waals surface area contributed by atoms with Crippen molar-refractivity contribution in [2.45, 2.75) is 283 Å². The van der Waals surface area contributed by atoms with Crippen molar-refractivity contribution in [3.8, 4) is 0 Å². The summed E-state index contributed by atoms with van der Waals surface area (Å²) < 4.78 is 23.7. The van der Waals surface area contributed by atoms with Crippen LogP contribution in [0, 0.1) is 0 Å². The molecule has 9 heteroatoms. The molecule has 1 amide bonds. The third-order valence-corrected chi connectivity index (χ3v) is 14.6. The van der Waals surface area contributed by atoms with E-state index in [1.807, 2.05) is 27.2 Å². The van der Waals surface area contributed by atoms with Crippen LogP contribution in [0.25, 0.3) is 0 Å². The van der Waals surface area contributed by atoms with E-state index in [1.165, 1.54) is 173 Å². The van der Waals surface area contributed by atoms with E-state index in [2.05, 4.69) is 92.1 Å². The number of hydrogen-bond acceptors (Lipinski definition) is 5. The molecular weight excluding hydrogens is 936 g/mol. The lowest BCUT2D eigenvalue weighted by molar-refractivity contribution is -0.870. The second kappa shape index (κ2) is 55.4. The lowest BCUT2D eigenvalue weighted by atomic mass is 10.0. The van der Waals surface area contributed by atoms with Crippen LogP contribution in [0.3, 0.4) is 0 Å². The highest BCUT2D eigenvalue weighted by molar-refractivity contribution is 7.47. The van der Waals surface area contributed by atoms with Crippen molar-refractivity contribution < 1.29 is 32.9 Å². The van der Waals surface area contributed by atoms with Gasteiger partial charge in [-0.3, -0.25) is 13.8 Å². The van der Waals surface area contributed by atoms with Crippen LogP contribution in [-0.4, -0.2) is 73.4 Å². The van der Waals surface area contributed by atoms with Gasteiger partial charge in [0.25, 0.3) is 0 Å². The maximum atomic E-state index is 13.0. The number of phosphoric acid groups is 1. The van der Waals surface area contributed by atoms with Gasteiger partial charge in [-0.05, 0) is 70.6 Å². The number of quaternary nitrogens is 1. The van der Waals surface area contributed by atoms with Crippen LogP contribution in [0.4, 0.5) is 0 Å². The van der Waals surface area contributed by atoms with E-state index in [9.17, 15) is 19.4 Å². The molecule has 3 N–H and O–H groups in total. The first-order chi connectivity index (χ1) is 36.0. The highest BCUT2D eigenvalue weighted by Gasteiger charge is 2.27. The molecule has 0 aliphatic carbocycles. The van der Waals surface area contributed by atoms with Gasteiger partial charge in [-0.2, -0.15) is 0 Å². The summed E-state index contributed by atoms with van der Waals surface area (Å²) in [7, 11) is 1.57. The van der Waals surface area contributed by atoms with Crippen molar-refractivity contribution >= 4 is 13.7 Å². The Kier molecular flexibility index (Phi) is 53.7. The lowest BCUT2D eigenvalue weighted by Gasteiger charge is -2.25. The molecule has 0 fully saturated rings. The quantitative estimate of drug-likeness (QED) is 0.0243. The number of nitrogens with zero attached hydrogens (tertiary/aromatic N) is 1. The van der Waals surface area contributed by atoms with Gasteiger partial charge in [0.1, 0.15) is 13.2 Å². The normalized spacial score (nSPS) is 14.4. The first-order valence-electron chi connectivity index (χ1n) is 31.0. The van der Waals surface area contributed by atoms with Crippen LogP contribution in [0.5, 0.6) is 0 Å². The summed E-state index contributed by atoms with van der Waals surface area (Å²) in [4.78, 5) is 23.3. The van der Waals surface area contributed by atoms with Gasteiger partial charge in [0, 0.05) is 6.42 Å². The zero-order chi connectivity index (χ0) is 54.2. The van der Waals surface area contributed by atoms with Gasteiger partial charge in [-0.15, -0.1) is 0 Å². The van der Waals surface area contributed by atoms with Crippen molar-refractivity contribution in [2.24, 2.45) is 0 Å². The van der Waals surface area contributed by atoms with Gasteiger partial charge in [-0.25, -0.2) is 4.57 Å². The summed E-state index contributed by atoms with van der Waals surface area (Å²) in [6.45, 7) is 4.71. The topological polar surface area (TPSA) is 105 Å². The van der Waals surface area contributed by atoms with Gasteiger partial charge >= 0.3 is 7.82 Å². The Morgan fingerprint density at radius 1 is 0.473 bits per heavy atom. The average molecular weight is 1060 g/mol. The zero-order valence-corrected chi connectivity index (χ0v) is 50.0. The zero-order valence-electron chi connectivity index (χ0n) is 49.1. The number of allylic oxidation sites excluding steroid dienone is 13. The molecule has 0 aromatic carbocycles. The van der Waals surface area contributed by atoms with Crippen molar-refractivity contribution in [1.82, 2.24) is 5.32 Å². The monoisotopic (exact) mass is 1060 g/mol. The van der Waals surface area contributed by atoms with Crippen LogP contribution >= 0.6 is 7.82 Å². The predicted octanol–water partition coefficient (Wildman–Crippen LogP) is 19.2. The minimum atomic E-state index is -4.35. The Morgan fingerprint density at radius 3 is 1.19 bits per heavy atom. The molecule has 0 aromatic heterocycles. The Morgan fingerprint density at radius 2 is 0.811 bits per heavy atom. The van der Waals surface area contributed by atoms with E-state index in [0.717, 1.165) is 77.0 Å². The maximum Gasteiger partial charge on any atom is 0.472 e. The Balaban J connectivity index is 4.01. The summed E-state index contributed by atoms with van der Waals surface area (Å²) in [5.74, 6) is -0.176. The third-order valence-electron chi connectivity index (χ3n) is 13.6. The molecule has 74 heavy (non-hydrogen) atoms. The molecule has 0 aliphatic heterocycles. The number of phosphoric ester groups is 1. The van der Waals surface area contributed by atoms with Crippen LogP contribution in [0.2, 0.25) is 0 Å². The smallest absolute Gasteiger partial charge is 0.387 e. The van der Waals surface area contributed by atoms with Gasteiger partial charge in [0.15, 0.2) is 0 Å². The molecule has 8 nitrogen and oxygen atoms in total. The standard InChI is InChI=1S/C65H119N2O6P/c1-6-8-10-12-14-16-18-20-22-23-24-25-26-27-28-29-30-31-32-33-34-35-36-37-38-39-40-41-42-43-45-47-49-51-53-55-57-59-65(69)66-63(62-73-74(70,71)72-61-60-67(3,4)5)64(68)58-56-54-52-50-48-46-44-21-19-17-15-13-11-9-7-2/h8,10,14,16,20,22,24-25,27-28,30-31,56,58,63-64,68H,6-7,9,11-13,15,17-19,21,23,26,29,32-55,57,59-62H2,1-5H3,(H-,66,69,70,71)/p+1/b10-8-,16-14-,22-20-,25-24-,28-27-,31-30-,58-56+. The van der Waals surface area contributed by atoms with Gasteiger partial charge in [-0.1, -0.05) is 279 Å². The van der Waals surface area contributed by atoms with Crippen LogP contribution in [0.15, 0.2) is 85.1 Å². The first kappa shape index (κ1) is 71.7. The maximum absolute atomic E-state index is 13.0. The van der Waals surface area contributed by atoms with Crippen molar-refractivity contribution in [3.05, 3.63) is 85.1 Å². The summed E-state index contributed by atoms with van der Waals surface area (Å²) in [5.41, 5.74) is 0. The number of amides is 1. The molecule has 0 heterocycles. The number of hydrogen-bond donors (Lipinski definition) is 3. The second-order valence-electron chi connectivity index (χ2n) is 22.1. The van der Waals surface area contributed by atoms with Crippen molar-refractivity contribution in [1.29, 1.82) is 0 Å². The van der Waals surface area contributed by atoms with Crippen LogP contribution < -0.4 is 5.32 Å². The summed E-state index contributed by atoms with van der Waals surface area (Å²) in [5, 5.41) is 13.9. The van der Waals surface area contributed by atoms with Gasteiger partial charge in [0.05, 0.1) is 39.9 Å². The lowest BCUT2D eigenvalue weighted by Crippen LogP contribution is -2.45. The number of carbonyl (C=O) groups is 1. The molecule has 3 atom stereocenters. The van der Waals surface area contributed by atoms with E-state index in [0.29, 0.717) is 17.4 Å². The highest BCUT2D eigenvalue weighted by atomic mass is 31.2. The number of likely N-dealkylation sites (N-methyl/N-ethyl adjacent to an activating group) is 1. The van der Waals surface area contributed by atoms with Crippen LogP contribution in [-0.2, 0) is 18.4 Å². The Labute approximate surface area is 458 Å². The number of carbonyl (C=O) groups excluding carboxylic acids is 1. The SMILES string of the molecule is CC/C=C\C/C=C\C/C=C\C/C=C\C/C=C\C/C=C\CCCCCCCCCCCCCCCCCCCCC(=O)NC(COP(=O)(O)OCC[N+](C)(C)C)C(O)/C=C/CCCCCCCCCCCCCCC. The number of aliphatic hydroxyl groups excluding tert-OH is 1. The molecular formula is C65H120N2O6P+. The fraction of sp³-hybridized carbons (Fsp3) is 0.769. The summed E-state index contributed by atoms with van der Waals surface area (Å²) in [6, 6.07) is -0.848. The summed E-state index contributed by atoms with van der Waals surface area (Å²) in [6.07, 6.45) is 78.4. The van der Waals surface area contributed by atoms with Gasteiger partial charge < -0.3 is 19.8 Å². The molecule has 0 saturated carbocycles. The number of nitrogens with one attached hydrogen (secondary N) is 1. The molecule has 3 unspecified atom stereocenters. The minimum absolute atomic E-state index is 0.0605. The van der Waals surface area contributed by atoms with Crippen LogP contribution in [0.1, 0.15) is 271 Å². The molecule has 0 aliphatic rings. The molecule has 0 aromatic rings. The van der Waals surface area contributed by atoms with E-state index < -0.39 is 20.0 Å². The molecule has 0 radical (unpaired) electrons. The van der Waals surface area contributed by atoms with Crippen molar-refractivity contribution in [3.63, 3.8) is 0 Å². The molecule has 0 rings (SSSR count). The Bertz CT molecular complexity index is 1480. The first-order valence-corrected chi connectivity index (χ1v) is 32.5. The molecule has 0 saturated heterocycles. The minimum Gasteiger partial charge on any atom is -0.387 e. The van der Waals surface area contributed by atoms with Crippen molar-refractivity contribution in [2.75, 3.05) is 40.9 Å². The fourth-order valence-corrected chi connectivity index (χ4v) is 9.55.